The summed E-state index contributed by atoms with van der Waals surface area (Å²) in [7, 11) is -4.28. The van der Waals surface area contributed by atoms with Gasteiger partial charge in [-0.2, -0.15) is 0 Å². The highest BCUT2D eigenvalue weighted by molar-refractivity contribution is 7.47. The highest BCUT2D eigenvalue weighted by Gasteiger charge is 2.25. The van der Waals surface area contributed by atoms with Crippen LogP contribution in [-0.2, 0) is 27.9 Å². The van der Waals surface area contributed by atoms with Crippen molar-refractivity contribution in [3.63, 3.8) is 0 Å². The summed E-state index contributed by atoms with van der Waals surface area (Å²) in [6.45, 7) is 4.74. The van der Waals surface area contributed by atoms with Crippen molar-refractivity contribution >= 4 is 13.8 Å². The number of rotatable bonds is 41. The molecule has 2 atom stereocenters. The minimum Gasteiger partial charge on any atom is -0.457 e. The van der Waals surface area contributed by atoms with Gasteiger partial charge in [-0.05, 0) is 51.4 Å². The lowest BCUT2D eigenvalue weighted by atomic mass is 10.0. The first kappa shape index (κ1) is 51.5. The van der Waals surface area contributed by atoms with E-state index in [0.29, 0.717) is 13.0 Å². The van der Waals surface area contributed by atoms with Crippen molar-refractivity contribution in [3.8, 4) is 0 Å². The Labute approximate surface area is 326 Å². The van der Waals surface area contributed by atoms with E-state index in [4.69, 9.17) is 24.3 Å². The fourth-order valence-electron chi connectivity index (χ4n) is 5.87. The summed E-state index contributed by atoms with van der Waals surface area (Å²) in [5.41, 5.74) is 5.37. The van der Waals surface area contributed by atoms with Crippen LogP contribution >= 0.6 is 7.82 Å². The molecular formula is C44H82NO7P. The molecule has 0 bridgehead atoms. The molecule has 0 aromatic heterocycles. The van der Waals surface area contributed by atoms with Gasteiger partial charge in [0.15, 0.2) is 0 Å². The molecule has 0 spiro atoms. The minimum absolute atomic E-state index is 0.0944. The lowest BCUT2D eigenvalue weighted by molar-refractivity contribution is -0.154. The zero-order valence-corrected chi connectivity index (χ0v) is 35.1. The number of ether oxygens (including phenoxy) is 2. The highest BCUT2D eigenvalue weighted by atomic mass is 31.2. The second-order valence-electron chi connectivity index (χ2n) is 14.2. The van der Waals surface area contributed by atoms with E-state index in [9.17, 15) is 14.3 Å². The van der Waals surface area contributed by atoms with Crippen LogP contribution in [0.1, 0.15) is 187 Å². The standard InChI is InChI=1S/C44H82NO7P/c1-3-5-7-9-11-13-15-17-19-21-22-23-25-27-29-31-33-35-37-44(46)52-43(42-51-53(47,48)50-40-38-45)41-49-39-36-34-32-30-28-26-24-20-18-16-14-12-10-8-6-4-2/h6,8,12,14,18,20,26,28,43H,3-5,7,9-11,13,15-17,19,21-25,27,29-42,45H2,1-2H3,(H,47,48)/b8-6-,14-12-,20-18-,28-26-. The van der Waals surface area contributed by atoms with Crippen LogP contribution in [0.2, 0.25) is 0 Å². The Kier molecular flexibility index (Phi) is 40.4. The third-order valence-electron chi connectivity index (χ3n) is 9.01. The van der Waals surface area contributed by atoms with Gasteiger partial charge >= 0.3 is 13.8 Å². The molecule has 53 heavy (non-hydrogen) atoms. The zero-order chi connectivity index (χ0) is 38.8. The Hall–Kier alpha value is -1.54. The van der Waals surface area contributed by atoms with Crippen LogP contribution in [-0.4, -0.2) is 49.9 Å². The van der Waals surface area contributed by atoms with Crippen molar-refractivity contribution in [1.29, 1.82) is 0 Å². The molecule has 3 N–H and O–H groups in total. The topological polar surface area (TPSA) is 117 Å². The predicted molar refractivity (Wildman–Crippen MR) is 224 cm³/mol. The summed E-state index contributed by atoms with van der Waals surface area (Å²) in [6, 6.07) is 0. The van der Waals surface area contributed by atoms with Crippen molar-refractivity contribution < 1.29 is 32.8 Å². The fraction of sp³-hybridized carbons (Fsp3) is 0.795. The average molecular weight is 768 g/mol. The van der Waals surface area contributed by atoms with E-state index in [1.54, 1.807) is 0 Å². The molecule has 0 rings (SSSR count). The van der Waals surface area contributed by atoms with Gasteiger partial charge in [-0.1, -0.05) is 178 Å². The molecule has 0 heterocycles. The largest absolute Gasteiger partial charge is 0.472 e. The Morgan fingerprint density at radius 3 is 1.57 bits per heavy atom. The minimum atomic E-state index is -4.28. The maximum Gasteiger partial charge on any atom is 0.472 e. The van der Waals surface area contributed by atoms with Crippen LogP contribution in [0.3, 0.4) is 0 Å². The number of unbranched alkanes of at least 4 members (excludes halogenated alkanes) is 20. The third kappa shape index (κ3) is 41.5. The van der Waals surface area contributed by atoms with Gasteiger partial charge in [-0.3, -0.25) is 13.8 Å². The van der Waals surface area contributed by atoms with Crippen molar-refractivity contribution in [2.75, 3.05) is 33.0 Å². The maximum absolute atomic E-state index is 12.6. The monoisotopic (exact) mass is 768 g/mol. The number of phosphoric acid groups is 1. The van der Waals surface area contributed by atoms with E-state index < -0.39 is 13.9 Å². The van der Waals surface area contributed by atoms with Crippen LogP contribution in [0.15, 0.2) is 48.6 Å². The van der Waals surface area contributed by atoms with Gasteiger partial charge in [-0.15, -0.1) is 0 Å². The number of esters is 1. The first-order valence-electron chi connectivity index (χ1n) is 21.6. The fourth-order valence-corrected chi connectivity index (χ4v) is 6.64. The molecule has 9 heteroatoms. The van der Waals surface area contributed by atoms with Crippen LogP contribution in [0, 0.1) is 0 Å². The highest BCUT2D eigenvalue weighted by Crippen LogP contribution is 2.43. The Bertz CT molecular complexity index is 952. The van der Waals surface area contributed by atoms with E-state index in [2.05, 4.69) is 62.5 Å². The second-order valence-corrected chi connectivity index (χ2v) is 15.6. The average Bonchev–Trinajstić information content (AvgIpc) is 3.15. The predicted octanol–water partition coefficient (Wildman–Crippen LogP) is 12.8. The van der Waals surface area contributed by atoms with Gasteiger partial charge in [0.1, 0.15) is 6.10 Å². The molecule has 2 unspecified atom stereocenters. The Morgan fingerprint density at radius 1 is 0.585 bits per heavy atom. The molecule has 8 nitrogen and oxygen atoms in total. The van der Waals surface area contributed by atoms with E-state index in [0.717, 1.165) is 70.6 Å². The SMILES string of the molecule is CC/C=C\C/C=C\C/C=C\C/C=C\CCCCCOCC(COP(=O)(O)OCCN)OC(=O)CCCCCCCCCCCCCCCCCCCC. The van der Waals surface area contributed by atoms with Gasteiger partial charge in [-0.25, -0.2) is 4.57 Å². The molecule has 0 aliphatic rings. The van der Waals surface area contributed by atoms with Crippen molar-refractivity contribution in [2.45, 2.75) is 193 Å². The quantitative estimate of drug-likeness (QED) is 0.0273. The molecule has 0 radical (unpaired) electrons. The lowest BCUT2D eigenvalue weighted by Crippen LogP contribution is -2.28. The number of phosphoric ester groups is 1. The smallest absolute Gasteiger partial charge is 0.457 e. The molecule has 0 aliphatic heterocycles. The normalized spacial score (nSPS) is 14.0. The molecular weight excluding hydrogens is 685 g/mol. The number of carbonyl (C=O) groups is 1. The molecule has 0 aliphatic carbocycles. The Balaban J connectivity index is 4.06. The number of allylic oxidation sites excluding steroid dienone is 8. The number of hydrogen-bond donors (Lipinski definition) is 2. The van der Waals surface area contributed by atoms with Crippen LogP contribution in [0.5, 0.6) is 0 Å². The maximum atomic E-state index is 12.6. The summed E-state index contributed by atoms with van der Waals surface area (Å²) in [6.07, 6.45) is 48.5. The van der Waals surface area contributed by atoms with Crippen molar-refractivity contribution in [1.82, 2.24) is 0 Å². The van der Waals surface area contributed by atoms with Gasteiger partial charge < -0.3 is 20.1 Å². The zero-order valence-electron chi connectivity index (χ0n) is 34.2. The lowest BCUT2D eigenvalue weighted by Gasteiger charge is -2.20. The van der Waals surface area contributed by atoms with E-state index in [1.807, 2.05) is 0 Å². The van der Waals surface area contributed by atoms with Gasteiger partial charge in [0.05, 0.1) is 19.8 Å². The molecule has 0 amide bonds. The van der Waals surface area contributed by atoms with Crippen LogP contribution in [0.4, 0.5) is 0 Å². The molecule has 0 saturated heterocycles. The summed E-state index contributed by atoms with van der Waals surface area (Å²) in [4.78, 5) is 22.5. The molecule has 0 saturated carbocycles. The summed E-state index contributed by atoms with van der Waals surface area (Å²) in [5, 5.41) is 0. The van der Waals surface area contributed by atoms with Gasteiger partial charge in [0, 0.05) is 19.6 Å². The molecule has 0 aromatic carbocycles. The number of nitrogens with two attached hydrogens (primary N) is 1. The number of hydrogen-bond acceptors (Lipinski definition) is 7. The first-order valence-corrected chi connectivity index (χ1v) is 23.1. The molecule has 0 aromatic rings. The Morgan fingerprint density at radius 2 is 1.06 bits per heavy atom. The first-order chi connectivity index (χ1) is 25.9. The van der Waals surface area contributed by atoms with Crippen LogP contribution in [0.25, 0.3) is 0 Å². The van der Waals surface area contributed by atoms with E-state index in [1.165, 1.54) is 96.3 Å². The summed E-state index contributed by atoms with van der Waals surface area (Å²) >= 11 is 0. The van der Waals surface area contributed by atoms with E-state index in [-0.39, 0.29) is 32.3 Å². The van der Waals surface area contributed by atoms with Gasteiger partial charge in [0.25, 0.3) is 0 Å². The van der Waals surface area contributed by atoms with Crippen LogP contribution < -0.4 is 5.73 Å². The van der Waals surface area contributed by atoms with Gasteiger partial charge in [0.2, 0.25) is 0 Å². The molecule has 0 fully saturated rings. The third-order valence-corrected chi connectivity index (χ3v) is 9.99. The van der Waals surface area contributed by atoms with Crippen molar-refractivity contribution in [3.05, 3.63) is 48.6 Å². The second kappa shape index (κ2) is 41.6. The summed E-state index contributed by atoms with van der Waals surface area (Å²) in [5.74, 6) is -0.340. The number of carbonyl (C=O) groups excluding carboxylic acids is 1. The molecule has 310 valence electrons. The van der Waals surface area contributed by atoms with Crippen molar-refractivity contribution in [2.24, 2.45) is 5.73 Å². The van der Waals surface area contributed by atoms with E-state index >= 15 is 0 Å². The summed E-state index contributed by atoms with van der Waals surface area (Å²) < 4.78 is 33.4.